The summed E-state index contributed by atoms with van der Waals surface area (Å²) in [5.74, 6) is -1.08. The van der Waals surface area contributed by atoms with E-state index in [9.17, 15) is 19.2 Å². The first-order valence-corrected chi connectivity index (χ1v) is 16.0. The zero-order chi connectivity index (χ0) is 32.1. The van der Waals surface area contributed by atoms with Crippen molar-refractivity contribution < 1.29 is 23.7 Å². The Hall–Kier alpha value is -4.01. The van der Waals surface area contributed by atoms with Crippen LogP contribution in [-0.4, -0.2) is 72.2 Å². The van der Waals surface area contributed by atoms with Gasteiger partial charge in [0.25, 0.3) is 0 Å². The molecule has 1 saturated heterocycles. The molecule has 0 radical (unpaired) electrons. The molecule has 1 fully saturated rings. The first kappa shape index (κ1) is 32.4. The fourth-order valence-electron chi connectivity index (χ4n) is 6.36. The van der Waals surface area contributed by atoms with Crippen LogP contribution in [0, 0.1) is 12.8 Å². The van der Waals surface area contributed by atoms with E-state index in [0.717, 1.165) is 47.1 Å². The van der Waals surface area contributed by atoms with Crippen molar-refractivity contribution in [2.45, 2.75) is 57.7 Å². The van der Waals surface area contributed by atoms with E-state index in [1.807, 2.05) is 43.3 Å². The Bertz CT molecular complexity index is 1560. The Balaban J connectivity index is 1.36. The van der Waals surface area contributed by atoms with Crippen molar-refractivity contribution in [2.24, 2.45) is 5.92 Å². The van der Waals surface area contributed by atoms with Gasteiger partial charge >= 0.3 is 0 Å². The summed E-state index contributed by atoms with van der Waals surface area (Å²) in [5.41, 5.74) is 3.98. The quantitative estimate of drug-likeness (QED) is 0.252. The smallest absolute Gasteiger partial charge is 0.247 e. The van der Waals surface area contributed by atoms with Crippen molar-refractivity contribution in [1.29, 1.82) is 0 Å². The Labute approximate surface area is 270 Å². The lowest BCUT2D eigenvalue weighted by Crippen LogP contribution is -2.59. The number of benzene rings is 3. The molecule has 8 nitrogen and oxygen atoms in total. The minimum absolute atomic E-state index is 0.00483. The van der Waals surface area contributed by atoms with Gasteiger partial charge in [-0.2, -0.15) is 0 Å². The van der Waals surface area contributed by atoms with Crippen molar-refractivity contribution in [1.82, 2.24) is 10.2 Å². The number of likely N-dealkylation sites (tertiary alicyclic amines) is 1. The molecule has 5 rings (SSSR count). The van der Waals surface area contributed by atoms with Gasteiger partial charge in [0.15, 0.2) is 5.78 Å². The number of hydrogen-bond donors (Lipinski definition) is 2. The molecule has 2 N–H and O–H groups in total. The second-order valence-corrected chi connectivity index (χ2v) is 13.4. The molecule has 0 saturated carbocycles. The third kappa shape index (κ3) is 7.99. The molecule has 0 aliphatic carbocycles. The summed E-state index contributed by atoms with van der Waals surface area (Å²) < 4.78 is 0.860. The van der Waals surface area contributed by atoms with Crippen molar-refractivity contribution in [3.05, 3.63) is 100 Å². The minimum atomic E-state index is -0.803. The second-order valence-electron chi connectivity index (χ2n) is 13.0. The topological polar surface area (TPSA) is 95.6 Å². The molecule has 2 atom stereocenters. The van der Waals surface area contributed by atoms with Gasteiger partial charge in [0.2, 0.25) is 17.7 Å². The lowest BCUT2D eigenvalue weighted by atomic mass is 9.87. The first-order chi connectivity index (χ1) is 21.5. The first-order valence-electron chi connectivity index (χ1n) is 15.6. The molecular formula is C36H42ClN4O4+. The summed E-state index contributed by atoms with van der Waals surface area (Å²) in [7, 11) is 4.34. The summed E-state index contributed by atoms with van der Waals surface area (Å²) in [6, 6.07) is 20.4. The van der Waals surface area contributed by atoms with E-state index in [0.29, 0.717) is 22.7 Å². The summed E-state index contributed by atoms with van der Waals surface area (Å²) in [6.45, 7) is 3.92. The average Bonchev–Trinajstić information content (AvgIpc) is 3.04. The number of nitrogens with zero attached hydrogens (tertiary/aromatic N) is 2. The molecule has 3 aromatic rings. The maximum absolute atomic E-state index is 14.1. The summed E-state index contributed by atoms with van der Waals surface area (Å²) in [4.78, 5) is 56.0. The van der Waals surface area contributed by atoms with Gasteiger partial charge in [-0.25, -0.2) is 0 Å². The van der Waals surface area contributed by atoms with E-state index >= 15 is 0 Å². The lowest BCUT2D eigenvalue weighted by Gasteiger charge is -2.41. The van der Waals surface area contributed by atoms with Crippen LogP contribution in [0.3, 0.4) is 0 Å². The van der Waals surface area contributed by atoms with Gasteiger partial charge in [0.05, 0.1) is 27.2 Å². The zero-order valence-electron chi connectivity index (χ0n) is 26.2. The van der Waals surface area contributed by atoms with Gasteiger partial charge in [-0.05, 0) is 47.7 Å². The highest BCUT2D eigenvalue weighted by Crippen LogP contribution is 2.28. The molecule has 2 aliphatic rings. The average molecular weight is 630 g/mol. The van der Waals surface area contributed by atoms with Gasteiger partial charge in [-0.1, -0.05) is 66.2 Å². The molecule has 2 heterocycles. The zero-order valence-corrected chi connectivity index (χ0v) is 27.0. The monoisotopic (exact) mass is 629 g/mol. The number of carbonyl (C=O) groups excluding carboxylic acids is 4. The highest BCUT2D eigenvalue weighted by molar-refractivity contribution is 6.31. The van der Waals surface area contributed by atoms with Gasteiger partial charge in [-0.3, -0.25) is 19.2 Å². The van der Waals surface area contributed by atoms with E-state index < -0.39 is 12.1 Å². The lowest BCUT2D eigenvalue weighted by molar-refractivity contribution is -0.896. The standard InChI is InChI=1S/C36H41ClN4O4/c1-24-21-29(13-14-30(24)37)38-36(45)34(26-17-19-41(2,3)20-18-26)39-35(44)31-22-27-11-7-8-12-28(27)23-40(31)33(43)16-15-32(42)25-9-5-4-6-10-25/h4-14,21,26,31,34H,15-20,22-23H2,1-3H3,(H-,38,39,44,45)/p+1/t31-,34?/m0/s1. The van der Waals surface area contributed by atoms with Gasteiger partial charge < -0.3 is 20.0 Å². The number of carbonyl (C=O) groups is 4. The summed E-state index contributed by atoms with van der Waals surface area (Å²) >= 11 is 6.21. The summed E-state index contributed by atoms with van der Waals surface area (Å²) in [5, 5.41) is 6.70. The molecule has 2 aliphatic heterocycles. The van der Waals surface area contributed by atoms with Crippen LogP contribution in [0.2, 0.25) is 5.02 Å². The summed E-state index contributed by atoms with van der Waals surface area (Å²) in [6.07, 6.45) is 1.94. The fourth-order valence-corrected chi connectivity index (χ4v) is 6.48. The van der Waals surface area contributed by atoms with E-state index in [1.54, 1.807) is 41.3 Å². The number of amides is 3. The third-order valence-corrected chi connectivity index (χ3v) is 9.64. The Morgan fingerprint density at radius 3 is 2.27 bits per heavy atom. The number of anilines is 1. The minimum Gasteiger partial charge on any atom is -0.342 e. The van der Waals surface area contributed by atoms with Crippen LogP contribution >= 0.6 is 11.6 Å². The van der Waals surface area contributed by atoms with Crippen LogP contribution in [0.5, 0.6) is 0 Å². The van der Waals surface area contributed by atoms with Crippen molar-refractivity contribution >= 4 is 40.8 Å². The number of aryl methyl sites for hydroxylation is 1. The molecule has 3 amide bonds. The molecular weight excluding hydrogens is 588 g/mol. The SMILES string of the molecule is Cc1cc(NC(=O)C(NC(=O)[C@@H]2Cc3ccccc3CN2C(=O)CCC(=O)c2ccccc2)C2CC[N+](C)(C)CC2)ccc1Cl. The normalized spacial score (nSPS) is 18.4. The number of quaternary nitrogens is 1. The number of rotatable bonds is 9. The molecule has 0 spiro atoms. The van der Waals surface area contributed by atoms with Crippen LogP contribution in [0.25, 0.3) is 0 Å². The van der Waals surface area contributed by atoms with E-state index in [2.05, 4.69) is 24.7 Å². The van der Waals surface area contributed by atoms with E-state index in [4.69, 9.17) is 11.6 Å². The Kier molecular flexibility index (Phi) is 10.0. The molecule has 0 aromatic heterocycles. The third-order valence-electron chi connectivity index (χ3n) is 9.22. The Morgan fingerprint density at radius 1 is 0.911 bits per heavy atom. The molecule has 9 heteroatoms. The van der Waals surface area contributed by atoms with Crippen LogP contribution in [-0.2, 0) is 27.3 Å². The van der Waals surface area contributed by atoms with Crippen molar-refractivity contribution in [3.63, 3.8) is 0 Å². The van der Waals surface area contributed by atoms with Gasteiger partial charge in [-0.15, -0.1) is 0 Å². The molecule has 3 aromatic carbocycles. The van der Waals surface area contributed by atoms with Gasteiger partial charge in [0, 0.05) is 54.9 Å². The predicted molar refractivity (Wildman–Crippen MR) is 176 cm³/mol. The highest BCUT2D eigenvalue weighted by Gasteiger charge is 2.40. The van der Waals surface area contributed by atoms with E-state index in [1.165, 1.54) is 0 Å². The highest BCUT2D eigenvalue weighted by atomic mass is 35.5. The largest absolute Gasteiger partial charge is 0.342 e. The molecule has 45 heavy (non-hydrogen) atoms. The predicted octanol–water partition coefficient (Wildman–Crippen LogP) is 5.17. The Morgan fingerprint density at radius 2 is 1.58 bits per heavy atom. The van der Waals surface area contributed by atoms with Crippen molar-refractivity contribution in [3.8, 4) is 0 Å². The number of hydrogen-bond acceptors (Lipinski definition) is 4. The maximum Gasteiger partial charge on any atom is 0.247 e. The number of Topliss-reactive ketones (excluding diaryl/α,β-unsaturated/α-hetero) is 1. The van der Waals surface area contributed by atoms with Crippen molar-refractivity contribution in [2.75, 3.05) is 32.5 Å². The van der Waals surface area contributed by atoms with E-state index in [-0.39, 0.29) is 48.8 Å². The van der Waals surface area contributed by atoms with Crippen LogP contribution in [0.4, 0.5) is 5.69 Å². The van der Waals surface area contributed by atoms with Crippen LogP contribution < -0.4 is 10.6 Å². The fraction of sp³-hybridized carbons (Fsp3) is 0.389. The van der Waals surface area contributed by atoms with Gasteiger partial charge in [0.1, 0.15) is 12.1 Å². The number of fused-ring (bicyclic) bond motifs is 1. The second kappa shape index (κ2) is 14.0. The number of ketones is 1. The molecule has 1 unspecified atom stereocenters. The number of halogens is 1. The van der Waals surface area contributed by atoms with Crippen LogP contribution in [0.1, 0.15) is 52.7 Å². The number of nitrogens with one attached hydrogen (secondary N) is 2. The molecule has 0 bridgehead atoms. The molecule has 236 valence electrons. The maximum atomic E-state index is 14.1. The van der Waals surface area contributed by atoms with Crippen LogP contribution in [0.15, 0.2) is 72.8 Å². The number of piperidine rings is 1.